The van der Waals surface area contributed by atoms with Gasteiger partial charge in [-0.3, -0.25) is 0 Å². The van der Waals surface area contributed by atoms with Crippen molar-refractivity contribution in [3.63, 3.8) is 0 Å². The fourth-order valence-corrected chi connectivity index (χ4v) is 3.73. The lowest BCUT2D eigenvalue weighted by atomic mass is 9.99. The fraction of sp³-hybridized carbons (Fsp3) is 0.172. The Balaban J connectivity index is 1.57. The number of benzene rings is 4. The van der Waals surface area contributed by atoms with Crippen LogP contribution < -0.4 is 0 Å². The molecule has 4 rings (SSSR count). The summed E-state index contributed by atoms with van der Waals surface area (Å²) in [4.78, 5) is 0. The maximum absolute atomic E-state index is 14.7. The van der Waals surface area contributed by atoms with Crippen molar-refractivity contribution in [1.82, 2.24) is 0 Å². The number of halogens is 3. The van der Waals surface area contributed by atoms with Gasteiger partial charge in [0.05, 0.1) is 5.56 Å². The van der Waals surface area contributed by atoms with Crippen LogP contribution in [0, 0.1) is 29.3 Å². The van der Waals surface area contributed by atoms with Crippen molar-refractivity contribution in [3.8, 4) is 23.0 Å². The van der Waals surface area contributed by atoms with Crippen molar-refractivity contribution in [1.29, 1.82) is 0 Å². The standard InChI is InChI=1S/C29H23F3/c1-2-3-4-5-20-6-10-22(11-7-20)25-18-28(31)27(29(32)19-25)15-9-21-8-12-24-17-26(30)14-13-23(24)16-21/h6-8,10-14,16-19H,2-5H2,1H3. The number of hydrogen-bond donors (Lipinski definition) is 0. The molecule has 0 fully saturated rings. The molecule has 0 spiro atoms. The van der Waals surface area contributed by atoms with Crippen LogP contribution in [-0.2, 0) is 6.42 Å². The highest BCUT2D eigenvalue weighted by molar-refractivity contribution is 5.84. The minimum Gasteiger partial charge on any atom is -0.207 e. The third-order valence-corrected chi connectivity index (χ3v) is 5.53. The first kappa shape index (κ1) is 21.7. The van der Waals surface area contributed by atoms with Crippen molar-refractivity contribution < 1.29 is 13.2 Å². The second-order valence-electron chi connectivity index (χ2n) is 7.93. The van der Waals surface area contributed by atoms with Crippen LogP contribution in [0.1, 0.15) is 42.9 Å². The summed E-state index contributed by atoms with van der Waals surface area (Å²) in [6, 6.07) is 20.2. The summed E-state index contributed by atoms with van der Waals surface area (Å²) in [6.45, 7) is 2.17. The first-order valence-electron chi connectivity index (χ1n) is 10.8. The van der Waals surface area contributed by atoms with E-state index in [9.17, 15) is 13.2 Å². The minimum absolute atomic E-state index is 0.260. The monoisotopic (exact) mass is 428 g/mol. The smallest absolute Gasteiger partial charge is 0.142 e. The first-order chi connectivity index (χ1) is 15.5. The molecule has 3 heteroatoms. The number of aryl methyl sites for hydroxylation is 1. The van der Waals surface area contributed by atoms with E-state index in [0.29, 0.717) is 11.1 Å². The zero-order chi connectivity index (χ0) is 22.5. The average molecular weight is 428 g/mol. The first-order valence-corrected chi connectivity index (χ1v) is 10.8. The van der Waals surface area contributed by atoms with E-state index >= 15 is 0 Å². The molecule has 160 valence electrons. The highest BCUT2D eigenvalue weighted by Crippen LogP contribution is 2.25. The molecule has 0 aliphatic heterocycles. The zero-order valence-corrected chi connectivity index (χ0v) is 17.9. The number of hydrogen-bond acceptors (Lipinski definition) is 0. The molecule has 0 bridgehead atoms. The Morgan fingerprint density at radius 3 is 2.06 bits per heavy atom. The van der Waals surface area contributed by atoms with Crippen molar-refractivity contribution in [2.75, 3.05) is 0 Å². The van der Waals surface area contributed by atoms with E-state index in [0.717, 1.165) is 29.2 Å². The summed E-state index contributed by atoms with van der Waals surface area (Å²) in [5.74, 6) is 3.73. The number of unbranched alkanes of at least 4 members (excludes halogenated alkanes) is 2. The quantitative estimate of drug-likeness (QED) is 0.223. The Hall–Kier alpha value is -3.51. The normalized spacial score (nSPS) is 10.8. The Kier molecular flexibility index (Phi) is 6.61. The third kappa shape index (κ3) is 5.03. The molecule has 0 aliphatic rings. The lowest BCUT2D eigenvalue weighted by Gasteiger charge is -2.07. The average Bonchev–Trinajstić information content (AvgIpc) is 2.79. The van der Waals surface area contributed by atoms with Gasteiger partial charge in [-0.25, -0.2) is 13.2 Å². The fourth-order valence-electron chi connectivity index (χ4n) is 3.73. The van der Waals surface area contributed by atoms with Gasteiger partial charge in [0.25, 0.3) is 0 Å². The molecule has 0 saturated carbocycles. The van der Waals surface area contributed by atoms with Gasteiger partial charge < -0.3 is 0 Å². The van der Waals surface area contributed by atoms with Crippen LogP contribution >= 0.6 is 0 Å². The van der Waals surface area contributed by atoms with Crippen LogP contribution in [0.4, 0.5) is 13.2 Å². The lowest BCUT2D eigenvalue weighted by molar-refractivity contribution is 0.578. The van der Waals surface area contributed by atoms with E-state index in [1.807, 2.05) is 24.3 Å². The van der Waals surface area contributed by atoms with Gasteiger partial charge in [0, 0.05) is 5.56 Å². The molecular weight excluding hydrogens is 405 g/mol. The summed E-state index contributed by atoms with van der Waals surface area (Å²) in [5, 5.41) is 1.56. The highest BCUT2D eigenvalue weighted by atomic mass is 19.1. The second-order valence-corrected chi connectivity index (χ2v) is 7.93. The minimum atomic E-state index is -0.692. The van der Waals surface area contributed by atoms with Crippen LogP contribution in [0.2, 0.25) is 0 Å². The van der Waals surface area contributed by atoms with Crippen molar-refractivity contribution in [2.24, 2.45) is 0 Å². The molecule has 0 aliphatic carbocycles. The number of rotatable bonds is 5. The molecule has 0 heterocycles. The maximum Gasteiger partial charge on any atom is 0.142 e. The Bertz CT molecular complexity index is 1290. The van der Waals surface area contributed by atoms with E-state index in [1.165, 1.54) is 42.7 Å². The highest BCUT2D eigenvalue weighted by Gasteiger charge is 2.11. The summed E-state index contributed by atoms with van der Waals surface area (Å²) >= 11 is 0. The molecular formula is C29H23F3. The van der Waals surface area contributed by atoms with Gasteiger partial charge in [0.15, 0.2) is 0 Å². The van der Waals surface area contributed by atoms with E-state index < -0.39 is 11.6 Å². The van der Waals surface area contributed by atoms with Gasteiger partial charge in [-0.2, -0.15) is 0 Å². The van der Waals surface area contributed by atoms with Gasteiger partial charge in [0.1, 0.15) is 17.5 Å². The topological polar surface area (TPSA) is 0 Å². The predicted molar refractivity (Wildman–Crippen MR) is 125 cm³/mol. The SMILES string of the molecule is CCCCCc1ccc(-c2cc(F)c(C#Cc3ccc4cc(F)ccc4c3)c(F)c2)cc1. The predicted octanol–water partition coefficient (Wildman–Crippen LogP) is 8.06. The molecule has 0 nitrogen and oxygen atoms in total. The van der Waals surface area contributed by atoms with Crippen LogP contribution in [0.5, 0.6) is 0 Å². The largest absolute Gasteiger partial charge is 0.207 e. The van der Waals surface area contributed by atoms with Crippen LogP contribution in [0.3, 0.4) is 0 Å². The third-order valence-electron chi connectivity index (χ3n) is 5.53. The zero-order valence-electron chi connectivity index (χ0n) is 17.9. The van der Waals surface area contributed by atoms with Crippen molar-refractivity contribution >= 4 is 10.8 Å². The van der Waals surface area contributed by atoms with Gasteiger partial charge in [0.2, 0.25) is 0 Å². The molecule has 0 N–H and O–H groups in total. The molecule has 0 radical (unpaired) electrons. The molecule has 0 unspecified atom stereocenters. The van der Waals surface area contributed by atoms with E-state index in [1.54, 1.807) is 24.3 Å². The second kappa shape index (κ2) is 9.75. The molecule has 0 amide bonds. The summed E-state index contributed by atoms with van der Waals surface area (Å²) in [5.41, 5.74) is 2.82. The van der Waals surface area contributed by atoms with Gasteiger partial charge in [-0.1, -0.05) is 68.0 Å². The van der Waals surface area contributed by atoms with Gasteiger partial charge in [-0.15, -0.1) is 0 Å². The van der Waals surface area contributed by atoms with E-state index in [2.05, 4.69) is 18.8 Å². The molecule has 0 aromatic heterocycles. The van der Waals surface area contributed by atoms with Gasteiger partial charge in [-0.05, 0) is 76.7 Å². The van der Waals surface area contributed by atoms with E-state index in [4.69, 9.17) is 0 Å². The van der Waals surface area contributed by atoms with Crippen molar-refractivity contribution in [2.45, 2.75) is 32.6 Å². The van der Waals surface area contributed by atoms with E-state index in [-0.39, 0.29) is 11.4 Å². The van der Waals surface area contributed by atoms with Crippen LogP contribution in [0.25, 0.3) is 21.9 Å². The molecule has 4 aromatic carbocycles. The van der Waals surface area contributed by atoms with Crippen LogP contribution in [0.15, 0.2) is 72.8 Å². The Morgan fingerprint density at radius 1 is 0.656 bits per heavy atom. The number of fused-ring (bicyclic) bond motifs is 1. The van der Waals surface area contributed by atoms with Crippen LogP contribution in [-0.4, -0.2) is 0 Å². The molecule has 0 atom stereocenters. The molecule has 4 aromatic rings. The lowest BCUT2D eigenvalue weighted by Crippen LogP contribution is -1.93. The summed E-state index contributed by atoms with van der Waals surface area (Å²) in [7, 11) is 0. The molecule has 0 saturated heterocycles. The summed E-state index contributed by atoms with van der Waals surface area (Å²) < 4.78 is 42.7. The maximum atomic E-state index is 14.7. The Labute approximate surface area is 186 Å². The van der Waals surface area contributed by atoms with Crippen molar-refractivity contribution in [3.05, 3.63) is 107 Å². The summed E-state index contributed by atoms with van der Waals surface area (Å²) in [6.07, 6.45) is 4.51. The molecule has 32 heavy (non-hydrogen) atoms. The van der Waals surface area contributed by atoms with Gasteiger partial charge >= 0.3 is 0 Å². The Morgan fingerprint density at radius 2 is 1.34 bits per heavy atom.